The molecule has 0 aliphatic rings. The first-order valence-electron chi connectivity index (χ1n) is 6.23. The van der Waals surface area contributed by atoms with E-state index in [1.807, 2.05) is 0 Å². The molecule has 0 unspecified atom stereocenters. The smallest absolute Gasteiger partial charge is 0.340 e. The summed E-state index contributed by atoms with van der Waals surface area (Å²) in [6.45, 7) is 1.73. The van der Waals surface area contributed by atoms with Crippen molar-refractivity contribution in [3.8, 4) is 11.6 Å². The molecule has 3 rings (SSSR count). The van der Waals surface area contributed by atoms with Crippen molar-refractivity contribution >= 4 is 16.9 Å². The summed E-state index contributed by atoms with van der Waals surface area (Å²) in [6.07, 6.45) is 4.41. The van der Waals surface area contributed by atoms with Crippen LogP contribution in [0.25, 0.3) is 10.9 Å². The van der Waals surface area contributed by atoms with Crippen LogP contribution in [-0.4, -0.2) is 26.0 Å². The number of aromatic nitrogens is 3. The third kappa shape index (κ3) is 2.38. The van der Waals surface area contributed by atoms with E-state index in [-0.39, 0.29) is 17.2 Å². The van der Waals surface area contributed by atoms with Crippen LogP contribution in [0.2, 0.25) is 0 Å². The molecule has 2 heterocycles. The lowest BCUT2D eigenvalue weighted by Crippen LogP contribution is -2.04. The van der Waals surface area contributed by atoms with E-state index in [1.54, 1.807) is 37.4 Å². The molecule has 0 atom stereocenters. The van der Waals surface area contributed by atoms with Crippen LogP contribution in [0.15, 0.2) is 42.9 Å². The average molecular weight is 281 g/mol. The molecule has 0 aliphatic carbocycles. The fourth-order valence-corrected chi connectivity index (χ4v) is 2.02. The zero-order valence-corrected chi connectivity index (χ0v) is 11.1. The molecule has 6 nitrogen and oxygen atoms in total. The quantitative estimate of drug-likeness (QED) is 0.794. The molecule has 21 heavy (non-hydrogen) atoms. The maximum atomic E-state index is 11.6. The van der Waals surface area contributed by atoms with Gasteiger partial charge in [-0.1, -0.05) is 18.2 Å². The Kier molecular flexibility index (Phi) is 3.19. The fourth-order valence-electron chi connectivity index (χ4n) is 2.02. The topological polar surface area (TPSA) is 85.2 Å². The number of carbonyl (C=O) groups is 1. The molecular weight excluding hydrogens is 270 g/mol. The van der Waals surface area contributed by atoms with Crippen LogP contribution in [0.4, 0.5) is 0 Å². The minimum absolute atomic E-state index is 0.0608. The molecule has 0 fully saturated rings. The normalized spacial score (nSPS) is 10.5. The molecule has 0 aliphatic heterocycles. The molecule has 0 radical (unpaired) electrons. The van der Waals surface area contributed by atoms with E-state index in [2.05, 4.69) is 15.0 Å². The summed E-state index contributed by atoms with van der Waals surface area (Å²) in [7, 11) is 0. The van der Waals surface area contributed by atoms with Gasteiger partial charge >= 0.3 is 5.97 Å². The second kappa shape index (κ2) is 5.16. The third-order valence-electron chi connectivity index (χ3n) is 3.00. The molecule has 0 amide bonds. The van der Waals surface area contributed by atoms with Crippen LogP contribution in [0.5, 0.6) is 11.6 Å². The van der Waals surface area contributed by atoms with E-state index >= 15 is 0 Å². The van der Waals surface area contributed by atoms with E-state index in [4.69, 9.17) is 4.74 Å². The number of nitrogens with zero attached hydrogens (tertiary/aromatic N) is 3. The summed E-state index contributed by atoms with van der Waals surface area (Å²) in [5.41, 5.74) is 1.23. The highest BCUT2D eigenvalue weighted by molar-refractivity contribution is 6.04. The molecule has 1 N–H and O–H groups in total. The molecule has 0 saturated carbocycles. The van der Waals surface area contributed by atoms with Gasteiger partial charge in [0.2, 0.25) is 5.88 Å². The van der Waals surface area contributed by atoms with Gasteiger partial charge in [0.05, 0.1) is 17.4 Å². The van der Waals surface area contributed by atoms with E-state index in [0.29, 0.717) is 16.6 Å². The Morgan fingerprint density at radius 3 is 2.67 bits per heavy atom. The van der Waals surface area contributed by atoms with E-state index in [0.717, 1.165) is 0 Å². The molecular formula is C15H11N3O3. The van der Waals surface area contributed by atoms with Crippen molar-refractivity contribution in [2.75, 3.05) is 0 Å². The van der Waals surface area contributed by atoms with Gasteiger partial charge in [0, 0.05) is 17.8 Å². The second-order valence-electron chi connectivity index (χ2n) is 4.37. The van der Waals surface area contributed by atoms with Crippen molar-refractivity contribution < 1.29 is 14.6 Å². The van der Waals surface area contributed by atoms with E-state index in [9.17, 15) is 9.90 Å². The summed E-state index contributed by atoms with van der Waals surface area (Å²) in [5, 5.41) is 9.98. The number of carboxylic acid groups (broad SMARTS) is 1. The second-order valence-corrected chi connectivity index (χ2v) is 4.37. The van der Waals surface area contributed by atoms with Gasteiger partial charge in [0.15, 0.2) is 5.75 Å². The van der Waals surface area contributed by atoms with Gasteiger partial charge in [-0.15, -0.1) is 0 Å². The van der Waals surface area contributed by atoms with Gasteiger partial charge in [-0.2, -0.15) is 0 Å². The number of pyridine rings is 1. The van der Waals surface area contributed by atoms with Crippen molar-refractivity contribution in [2.45, 2.75) is 6.92 Å². The fraction of sp³-hybridized carbons (Fsp3) is 0.0667. The van der Waals surface area contributed by atoms with Crippen molar-refractivity contribution in [3.05, 3.63) is 54.1 Å². The highest BCUT2D eigenvalue weighted by atomic mass is 16.5. The largest absolute Gasteiger partial charge is 0.478 e. The Labute approximate surface area is 120 Å². The predicted molar refractivity (Wildman–Crippen MR) is 75.5 cm³/mol. The lowest BCUT2D eigenvalue weighted by molar-refractivity contribution is 0.0696. The van der Waals surface area contributed by atoms with E-state index < -0.39 is 5.97 Å². The van der Waals surface area contributed by atoms with Gasteiger partial charge in [0.25, 0.3) is 0 Å². The van der Waals surface area contributed by atoms with E-state index in [1.165, 1.54) is 12.4 Å². The Balaban J connectivity index is 2.17. The minimum atomic E-state index is -1.08. The number of carboxylic acids is 1. The van der Waals surface area contributed by atoms with Gasteiger partial charge in [-0.25, -0.2) is 9.78 Å². The molecule has 3 aromatic rings. The van der Waals surface area contributed by atoms with Crippen molar-refractivity contribution in [1.82, 2.24) is 15.0 Å². The Morgan fingerprint density at radius 2 is 1.90 bits per heavy atom. The number of para-hydroxylation sites is 1. The number of aromatic carboxylic acids is 1. The summed E-state index contributed by atoms with van der Waals surface area (Å²) in [4.78, 5) is 23.9. The minimum Gasteiger partial charge on any atom is -0.478 e. The number of benzene rings is 1. The van der Waals surface area contributed by atoms with Crippen LogP contribution in [0.1, 0.15) is 16.1 Å². The van der Waals surface area contributed by atoms with Crippen LogP contribution in [0.3, 0.4) is 0 Å². The number of hydrogen-bond donors (Lipinski definition) is 1. The Morgan fingerprint density at radius 1 is 1.14 bits per heavy atom. The Bertz CT molecular complexity index is 833. The monoisotopic (exact) mass is 281 g/mol. The van der Waals surface area contributed by atoms with Crippen LogP contribution < -0.4 is 4.74 Å². The molecule has 0 saturated heterocycles. The number of rotatable bonds is 3. The number of hydrogen-bond acceptors (Lipinski definition) is 5. The molecule has 1 aromatic carbocycles. The summed E-state index contributed by atoms with van der Waals surface area (Å²) in [6, 6.07) is 7.00. The first-order chi connectivity index (χ1) is 10.2. The SMILES string of the molecule is Cc1nccnc1Oc1cnc2ccccc2c1C(=O)O. The van der Waals surface area contributed by atoms with Crippen molar-refractivity contribution in [1.29, 1.82) is 0 Å². The zero-order valence-electron chi connectivity index (χ0n) is 11.1. The van der Waals surface area contributed by atoms with Crippen LogP contribution in [0, 0.1) is 6.92 Å². The molecule has 2 aromatic heterocycles. The van der Waals surface area contributed by atoms with Gasteiger partial charge in [-0.3, -0.25) is 9.97 Å². The maximum absolute atomic E-state index is 11.6. The maximum Gasteiger partial charge on any atom is 0.340 e. The standard InChI is InChI=1S/C15H11N3O3/c1-9-14(17-7-6-16-9)21-12-8-18-11-5-3-2-4-10(11)13(12)15(19)20/h2-8H,1H3,(H,19,20). The molecule has 104 valence electrons. The lowest BCUT2D eigenvalue weighted by Gasteiger charge is -2.10. The van der Waals surface area contributed by atoms with Crippen LogP contribution in [-0.2, 0) is 0 Å². The summed E-state index contributed by atoms with van der Waals surface area (Å²) >= 11 is 0. The average Bonchev–Trinajstić information content (AvgIpc) is 2.49. The first kappa shape index (κ1) is 13.0. The zero-order chi connectivity index (χ0) is 14.8. The highest BCUT2D eigenvalue weighted by Crippen LogP contribution is 2.29. The first-order valence-corrected chi connectivity index (χ1v) is 6.23. The molecule has 0 bridgehead atoms. The molecule has 6 heteroatoms. The van der Waals surface area contributed by atoms with Gasteiger partial charge < -0.3 is 9.84 Å². The Hall–Kier alpha value is -3.02. The number of fused-ring (bicyclic) bond motifs is 1. The van der Waals surface area contributed by atoms with Crippen molar-refractivity contribution in [3.63, 3.8) is 0 Å². The molecule has 0 spiro atoms. The number of ether oxygens (including phenoxy) is 1. The third-order valence-corrected chi connectivity index (χ3v) is 3.00. The lowest BCUT2D eigenvalue weighted by atomic mass is 10.1. The van der Waals surface area contributed by atoms with Gasteiger partial charge in [0.1, 0.15) is 5.56 Å². The number of aryl methyl sites for hydroxylation is 1. The van der Waals surface area contributed by atoms with Crippen LogP contribution >= 0.6 is 0 Å². The summed E-state index contributed by atoms with van der Waals surface area (Å²) < 4.78 is 5.59. The van der Waals surface area contributed by atoms with Gasteiger partial charge in [-0.05, 0) is 13.0 Å². The summed E-state index contributed by atoms with van der Waals surface area (Å²) in [5.74, 6) is -0.674. The predicted octanol–water partition coefficient (Wildman–Crippen LogP) is 2.82. The highest BCUT2D eigenvalue weighted by Gasteiger charge is 2.18. The van der Waals surface area contributed by atoms with Crippen molar-refractivity contribution in [2.24, 2.45) is 0 Å².